The normalized spacial score (nSPS) is 10.8. The average Bonchev–Trinajstić information content (AvgIpc) is 2.46. The Hall–Kier alpha value is -2.28. The first-order valence-electron chi connectivity index (χ1n) is 6.97. The lowest BCUT2D eigenvalue weighted by Gasteiger charge is -2.25. The number of carbonyl (C=O) groups is 3. The Bertz CT molecular complexity index is 617. The molecule has 4 N–H and O–H groups in total. The van der Waals surface area contributed by atoms with Crippen LogP contribution in [0.25, 0.3) is 0 Å². The number of hydrogen-bond acceptors (Lipinski definition) is 3. The van der Waals surface area contributed by atoms with Crippen molar-refractivity contribution in [2.45, 2.75) is 32.2 Å². The van der Waals surface area contributed by atoms with Gasteiger partial charge in [0.05, 0.1) is 10.6 Å². The highest BCUT2D eigenvalue weighted by atomic mass is 35.5. The summed E-state index contributed by atoms with van der Waals surface area (Å²) >= 11 is 5.94. The minimum absolute atomic E-state index is 0.0466. The van der Waals surface area contributed by atoms with E-state index >= 15 is 0 Å². The van der Waals surface area contributed by atoms with Crippen molar-refractivity contribution in [1.29, 1.82) is 0 Å². The van der Waals surface area contributed by atoms with Crippen LogP contribution < -0.4 is 16.0 Å². The van der Waals surface area contributed by atoms with E-state index in [4.69, 9.17) is 16.7 Å². The maximum Gasteiger partial charge on any atom is 0.319 e. The first-order valence-corrected chi connectivity index (χ1v) is 7.35. The van der Waals surface area contributed by atoms with Crippen LogP contribution in [0, 0.1) is 0 Å². The fourth-order valence-electron chi connectivity index (χ4n) is 1.86. The molecule has 1 aromatic rings. The summed E-state index contributed by atoms with van der Waals surface area (Å²) in [5, 5.41) is 16.7. The second-order valence-corrected chi connectivity index (χ2v) is 6.04. The molecule has 7 nitrogen and oxygen atoms in total. The van der Waals surface area contributed by atoms with Crippen LogP contribution in [0.5, 0.6) is 0 Å². The molecule has 0 fully saturated rings. The molecule has 23 heavy (non-hydrogen) atoms. The molecule has 0 aliphatic rings. The molecule has 0 radical (unpaired) electrons. The molecule has 0 unspecified atom stereocenters. The van der Waals surface area contributed by atoms with Gasteiger partial charge in [-0.2, -0.15) is 0 Å². The lowest BCUT2D eigenvalue weighted by atomic mass is 9.99. The number of carboxylic acid groups (broad SMARTS) is 1. The number of halogens is 1. The molecular formula is C15H20ClN3O4. The lowest BCUT2D eigenvalue weighted by molar-refractivity contribution is -0.137. The van der Waals surface area contributed by atoms with Crippen molar-refractivity contribution in [3.63, 3.8) is 0 Å². The summed E-state index contributed by atoms with van der Waals surface area (Å²) in [4.78, 5) is 34.3. The van der Waals surface area contributed by atoms with Crippen LogP contribution in [-0.4, -0.2) is 35.6 Å². The number of rotatable bonds is 6. The number of anilines is 1. The molecule has 0 aliphatic carbocycles. The lowest BCUT2D eigenvalue weighted by Crippen LogP contribution is -2.45. The van der Waals surface area contributed by atoms with E-state index in [9.17, 15) is 14.4 Å². The van der Waals surface area contributed by atoms with Crippen LogP contribution in [-0.2, 0) is 4.79 Å². The Morgan fingerprint density at radius 2 is 1.91 bits per heavy atom. The summed E-state index contributed by atoms with van der Waals surface area (Å²) in [5.74, 6) is -1.28. The van der Waals surface area contributed by atoms with Gasteiger partial charge in [0.1, 0.15) is 0 Å². The molecule has 1 aromatic carbocycles. The molecule has 3 amide bonds. The van der Waals surface area contributed by atoms with Gasteiger partial charge >= 0.3 is 12.0 Å². The summed E-state index contributed by atoms with van der Waals surface area (Å²) < 4.78 is 0. The Morgan fingerprint density at radius 1 is 1.26 bits per heavy atom. The van der Waals surface area contributed by atoms with Crippen molar-refractivity contribution in [2.75, 3.05) is 12.4 Å². The minimum Gasteiger partial charge on any atom is -0.481 e. The van der Waals surface area contributed by atoms with Crippen molar-refractivity contribution in [3.05, 3.63) is 28.8 Å². The summed E-state index contributed by atoms with van der Waals surface area (Å²) in [6.45, 7) is 3.46. The third kappa shape index (κ3) is 6.15. The summed E-state index contributed by atoms with van der Waals surface area (Å²) in [6.07, 6.45) is 0.245. The van der Waals surface area contributed by atoms with Gasteiger partial charge in [0.15, 0.2) is 0 Å². The molecule has 0 aliphatic heterocycles. The summed E-state index contributed by atoms with van der Waals surface area (Å²) in [7, 11) is 1.48. The maximum atomic E-state index is 12.0. The highest BCUT2D eigenvalue weighted by Crippen LogP contribution is 2.21. The first kappa shape index (κ1) is 18.8. The fraction of sp³-hybridized carbons (Fsp3) is 0.400. The van der Waals surface area contributed by atoms with Crippen LogP contribution in [0.4, 0.5) is 10.5 Å². The number of amides is 3. The van der Waals surface area contributed by atoms with Crippen LogP contribution in [0.3, 0.4) is 0 Å². The molecular weight excluding hydrogens is 322 g/mol. The van der Waals surface area contributed by atoms with E-state index in [2.05, 4.69) is 16.0 Å². The van der Waals surface area contributed by atoms with E-state index in [1.807, 2.05) is 0 Å². The fourth-order valence-corrected chi connectivity index (χ4v) is 2.07. The molecule has 8 heteroatoms. The Morgan fingerprint density at radius 3 is 2.48 bits per heavy atom. The van der Waals surface area contributed by atoms with Crippen LogP contribution in [0.1, 0.15) is 37.0 Å². The van der Waals surface area contributed by atoms with Crippen LogP contribution >= 0.6 is 11.6 Å². The maximum absolute atomic E-state index is 12.0. The minimum atomic E-state index is -0.923. The van der Waals surface area contributed by atoms with Gasteiger partial charge < -0.3 is 21.1 Å². The van der Waals surface area contributed by atoms with Gasteiger partial charge in [-0.1, -0.05) is 11.6 Å². The van der Waals surface area contributed by atoms with Crippen molar-refractivity contribution in [2.24, 2.45) is 0 Å². The van der Waals surface area contributed by atoms with Gasteiger partial charge in [0.25, 0.3) is 5.91 Å². The predicted molar refractivity (Wildman–Crippen MR) is 87.9 cm³/mol. The summed E-state index contributed by atoms with van der Waals surface area (Å²) in [5.41, 5.74) is -0.0324. The van der Waals surface area contributed by atoms with Gasteiger partial charge in [-0.3, -0.25) is 9.59 Å². The number of hydrogen-bond donors (Lipinski definition) is 4. The quantitative estimate of drug-likeness (QED) is 0.637. The number of aliphatic carboxylic acids is 1. The predicted octanol–water partition coefficient (Wildman–Crippen LogP) is 2.46. The largest absolute Gasteiger partial charge is 0.481 e. The number of urea groups is 1. The number of carbonyl (C=O) groups excluding carboxylic acids is 2. The summed E-state index contributed by atoms with van der Waals surface area (Å²) in [6, 6.07) is 4.05. The monoisotopic (exact) mass is 341 g/mol. The standard InChI is InChI=1S/C15H20ClN3O4/c1-15(2,7-6-12(20)21)19-14(23)18-9-4-5-11(16)10(8-9)13(22)17-3/h4-5,8H,6-7H2,1-3H3,(H,17,22)(H,20,21)(H2,18,19,23). The number of carboxylic acids is 1. The Kier molecular flexibility index (Phi) is 6.38. The van der Waals surface area contributed by atoms with E-state index in [0.29, 0.717) is 12.1 Å². The molecule has 0 saturated carbocycles. The van der Waals surface area contributed by atoms with Gasteiger partial charge in [-0.15, -0.1) is 0 Å². The van der Waals surface area contributed by atoms with Crippen molar-refractivity contribution >= 4 is 35.2 Å². The smallest absolute Gasteiger partial charge is 0.319 e. The average molecular weight is 342 g/mol. The van der Waals surface area contributed by atoms with E-state index < -0.39 is 17.5 Å². The number of nitrogens with one attached hydrogen (secondary N) is 3. The molecule has 0 bridgehead atoms. The molecule has 0 aromatic heterocycles. The van der Waals surface area contributed by atoms with E-state index in [1.54, 1.807) is 19.9 Å². The van der Waals surface area contributed by atoms with Crippen LogP contribution in [0.15, 0.2) is 18.2 Å². The van der Waals surface area contributed by atoms with E-state index in [0.717, 1.165) is 0 Å². The molecule has 126 valence electrons. The SMILES string of the molecule is CNC(=O)c1cc(NC(=O)NC(C)(C)CCC(=O)O)ccc1Cl. The number of benzene rings is 1. The molecule has 0 heterocycles. The first-order chi connectivity index (χ1) is 10.6. The highest BCUT2D eigenvalue weighted by molar-refractivity contribution is 6.34. The third-order valence-electron chi connectivity index (χ3n) is 3.11. The zero-order chi connectivity index (χ0) is 17.6. The Labute approximate surface area is 139 Å². The molecule has 1 rings (SSSR count). The van der Waals surface area contributed by atoms with Crippen molar-refractivity contribution in [1.82, 2.24) is 10.6 Å². The Balaban J connectivity index is 2.74. The second-order valence-electron chi connectivity index (χ2n) is 5.63. The zero-order valence-electron chi connectivity index (χ0n) is 13.2. The third-order valence-corrected chi connectivity index (χ3v) is 3.44. The second kappa shape index (κ2) is 7.82. The van der Waals surface area contributed by atoms with Gasteiger partial charge in [0, 0.05) is 24.7 Å². The molecule has 0 saturated heterocycles. The van der Waals surface area contributed by atoms with Gasteiger partial charge in [-0.05, 0) is 38.5 Å². The molecule has 0 spiro atoms. The van der Waals surface area contributed by atoms with Gasteiger partial charge in [0.2, 0.25) is 0 Å². The molecule has 0 atom stereocenters. The zero-order valence-corrected chi connectivity index (χ0v) is 14.0. The van der Waals surface area contributed by atoms with E-state index in [1.165, 1.54) is 19.2 Å². The van der Waals surface area contributed by atoms with Crippen LogP contribution in [0.2, 0.25) is 5.02 Å². The van der Waals surface area contributed by atoms with E-state index in [-0.39, 0.29) is 22.9 Å². The van der Waals surface area contributed by atoms with Crippen molar-refractivity contribution < 1.29 is 19.5 Å². The van der Waals surface area contributed by atoms with Gasteiger partial charge in [-0.25, -0.2) is 4.79 Å². The van der Waals surface area contributed by atoms with Crippen molar-refractivity contribution in [3.8, 4) is 0 Å². The highest BCUT2D eigenvalue weighted by Gasteiger charge is 2.21. The topological polar surface area (TPSA) is 108 Å².